The van der Waals surface area contributed by atoms with E-state index in [0.717, 1.165) is 6.42 Å². The van der Waals surface area contributed by atoms with Crippen molar-refractivity contribution in [3.63, 3.8) is 0 Å². The van der Waals surface area contributed by atoms with Crippen molar-refractivity contribution in [2.45, 2.75) is 38.1 Å². The summed E-state index contributed by atoms with van der Waals surface area (Å²) in [4.78, 5) is 2.50. The minimum Gasteiger partial charge on any atom is -0.398 e. The topological polar surface area (TPSA) is 29.3 Å². The summed E-state index contributed by atoms with van der Waals surface area (Å²) < 4.78 is 0. The number of nitrogens with two attached hydrogens (primary N) is 1. The number of likely N-dealkylation sites (N-methyl/N-ethyl adjacent to an activating group) is 1. The number of halogens is 1. The standard InChI is InChI=1S/C15H21ClN2/c1-9-14-7-10-6-13(17)12(16)8-11(10)15(9,2)4-5-18(14)3/h6,8-9,14H,4-5,7,17H2,1-3H3. The van der Waals surface area contributed by atoms with Gasteiger partial charge in [0.1, 0.15) is 0 Å². The summed E-state index contributed by atoms with van der Waals surface area (Å²) in [6.07, 6.45) is 2.30. The van der Waals surface area contributed by atoms with Crippen LogP contribution in [0.15, 0.2) is 12.1 Å². The first-order chi connectivity index (χ1) is 8.43. The Balaban J connectivity index is 2.18. The largest absolute Gasteiger partial charge is 0.398 e. The number of likely N-dealkylation sites (tertiary alicyclic amines) is 1. The zero-order valence-electron chi connectivity index (χ0n) is 11.3. The molecule has 1 aromatic rings. The molecule has 1 aromatic carbocycles. The number of rotatable bonds is 0. The number of anilines is 1. The van der Waals surface area contributed by atoms with Crippen LogP contribution in [0, 0.1) is 5.92 Å². The summed E-state index contributed by atoms with van der Waals surface area (Å²) in [5.74, 6) is 0.670. The van der Waals surface area contributed by atoms with Gasteiger partial charge in [0.25, 0.3) is 0 Å². The van der Waals surface area contributed by atoms with E-state index in [9.17, 15) is 0 Å². The van der Waals surface area contributed by atoms with Gasteiger partial charge in [0.05, 0.1) is 10.7 Å². The molecule has 1 aliphatic carbocycles. The maximum atomic E-state index is 6.23. The number of nitrogens with zero attached hydrogens (tertiary/aromatic N) is 1. The van der Waals surface area contributed by atoms with Crippen molar-refractivity contribution in [3.05, 3.63) is 28.3 Å². The summed E-state index contributed by atoms with van der Waals surface area (Å²) in [5.41, 5.74) is 9.76. The number of hydrogen-bond acceptors (Lipinski definition) is 2. The number of hydrogen-bond donors (Lipinski definition) is 1. The second kappa shape index (κ2) is 3.88. The molecule has 3 rings (SSSR count). The lowest BCUT2D eigenvalue weighted by atomic mass is 9.59. The second-order valence-corrected chi connectivity index (χ2v) is 6.65. The lowest BCUT2D eigenvalue weighted by molar-refractivity contribution is 0.0508. The van der Waals surface area contributed by atoms with E-state index in [-0.39, 0.29) is 5.41 Å². The Morgan fingerprint density at radius 1 is 1.44 bits per heavy atom. The molecule has 1 saturated heterocycles. The third kappa shape index (κ3) is 1.52. The van der Waals surface area contributed by atoms with Gasteiger partial charge in [-0.3, -0.25) is 0 Å². The van der Waals surface area contributed by atoms with Gasteiger partial charge in [0.15, 0.2) is 0 Å². The van der Waals surface area contributed by atoms with Gasteiger partial charge in [-0.15, -0.1) is 0 Å². The zero-order chi connectivity index (χ0) is 13.1. The van der Waals surface area contributed by atoms with Crippen molar-refractivity contribution in [3.8, 4) is 0 Å². The maximum Gasteiger partial charge on any atom is 0.0638 e. The summed E-state index contributed by atoms with van der Waals surface area (Å²) in [7, 11) is 2.24. The van der Waals surface area contributed by atoms with Crippen LogP contribution in [-0.4, -0.2) is 24.5 Å². The predicted octanol–water partition coefficient (Wildman–Crippen LogP) is 3.08. The molecule has 3 unspecified atom stereocenters. The highest BCUT2D eigenvalue weighted by atomic mass is 35.5. The van der Waals surface area contributed by atoms with E-state index in [1.54, 1.807) is 0 Å². The van der Waals surface area contributed by atoms with Gasteiger partial charge in [0, 0.05) is 6.04 Å². The quantitative estimate of drug-likeness (QED) is 0.730. The summed E-state index contributed by atoms with van der Waals surface area (Å²) >= 11 is 6.23. The van der Waals surface area contributed by atoms with E-state index in [0.29, 0.717) is 22.7 Å². The van der Waals surface area contributed by atoms with E-state index in [2.05, 4.69) is 37.9 Å². The van der Waals surface area contributed by atoms with E-state index in [1.807, 2.05) is 0 Å². The van der Waals surface area contributed by atoms with Gasteiger partial charge in [-0.25, -0.2) is 0 Å². The Morgan fingerprint density at radius 3 is 2.89 bits per heavy atom. The van der Waals surface area contributed by atoms with Crippen LogP contribution in [-0.2, 0) is 11.8 Å². The summed E-state index contributed by atoms with van der Waals surface area (Å²) in [6.45, 7) is 5.95. The van der Waals surface area contributed by atoms with Gasteiger partial charge in [-0.05, 0) is 61.0 Å². The molecule has 2 nitrogen and oxygen atoms in total. The minimum atomic E-state index is 0.252. The molecular formula is C15H21ClN2. The van der Waals surface area contributed by atoms with E-state index in [1.165, 1.54) is 24.1 Å². The Morgan fingerprint density at radius 2 is 2.17 bits per heavy atom. The first kappa shape index (κ1) is 12.3. The predicted molar refractivity (Wildman–Crippen MR) is 77.1 cm³/mol. The number of nitrogen functional groups attached to an aromatic ring is 1. The first-order valence-corrected chi connectivity index (χ1v) is 7.10. The molecule has 18 heavy (non-hydrogen) atoms. The van der Waals surface area contributed by atoms with Crippen molar-refractivity contribution in [1.29, 1.82) is 0 Å². The third-order valence-corrected chi connectivity index (χ3v) is 5.73. The average molecular weight is 265 g/mol. The molecule has 2 N–H and O–H groups in total. The normalized spacial score (nSPS) is 35.3. The fraction of sp³-hybridized carbons (Fsp3) is 0.600. The fourth-order valence-corrected chi connectivity index (χ4v) is 4.05. The third-order valence-electron chi connectivity index (χ3n) is 5.40. The van der Waals surface area contributed by atoms with E-state index in [4.69, 9.17) is 17.3 Å². The average Bonchev–Trinajstić information content (AvgIpc) is 2.32. The van der Waals surface area contributed by atoms with Crippen LogP contribution < -0.4 is 5.73 Å². The van der Waals surface area contributed by atoms with Gasteiger partial charge in [0.2, 0.25) is 0 Å². The van der Waals surface area contributed by atoms with Crippen LogP contribution in [0.1, 0.15) is 31.4 Å². The van der Waals surface area contributed by atoms with E-state index < -0.39 is 0 Å². The Kier molecular flexibility index (Phi) is 2.65. The highest BCUT2D eigenvalue weighted by Crippen LogP contribution is 2.49. The summed E-state index contributed by atoms with van der Waals surface area (Å²) in [6, 6.07) is 4.84. The van der Waals surface area contributed by atoms with Gasteiger partial charge >= 0.3 is 0 Å². The lowest BCUT2D eigenvalue weighted by Crippen LogP contribution is -2.56. The molecule has 2 bridgehead atoms. The molecule has 98 valence electrons. The highest BCUT2D eigenvalue weighted by molar-refractivity contribution is 6.33. The van der Waals surface area contributed by atoms with Crippen LogP contribution in [0.3, 0.4) is 0 Å². The van der Waals surface area contributed by atoms with Crippen LogP contribution in [0.2, 0.25) is 5.02 Å². The lowest BCUT2D eigenvalue weighted by Gasteiger charge is -2.53. The smallest absolute Gasteiger partial charge is 0.0638 e. The molecule has 0 saturated carbocycles. The molecule has 1 fully saturated rings. The molecule has 1 aliphatic heterocycles. The Labute approximate surface area is 114 Å². The molecule has 0 amide bonds. The molecule has 3 heteroatoms. The monoisotopic (exact) mass is 264 g/mol. The molecule has 3 atom stereocenters. The number of piperidine rings is 1. The number of fused-ring (bicyclic) bond motifs is 4. The van der Waals surface area contributed by atoms with Gasteiger partial charge in [-0.1, -0.05) is 25.4 Å². The van der Waals surface area contributed by atoms with Crippen LogP contribution in [0.5, 0.6) is 0 Å². The Hall–Kier alpha value is -0.730. The van der Waals surface area contributed by atoms with E-state index >= 15 is 0 Å². The minimum absolute atomic E-state index is 0.252. The van der Waals surface area contributed by atoms with Crippen molar-refractivity contribution in [1.82, 2.24) is 4.90 Å². The fourth-order valence-electron chi connectivity index (χ4n) is 3.88. The molecule has 1 heterocycles. The Bertz CT molecular complexity index is 500. The zero-order valence-corrected chi connectivity index (χ0v) is 12.1. The SMILES string of the molecule is CC1C2Cc3cc(N)c(Cl)cc3C1(C)CCN2C. The maximum absolute atomic E-state index is 6.23. The molecule has 0 spiro atoms. The van der Waals surface area contributed by atoms with Crippen molar-refractivity contribution in [2.24, 2.45) is 5.92 Å². The van der Waals surface area contributed by atoms with Crippen LogP contribution in [0.4, 0.5) is 5.69 Å². The van der Waals surface area contributed by atoms with Crippen LogP contribution in [0.25, 0.3) is 0 Å². The van der Waals surface area contributed by atoms with Crippen molar-refractivity contribution < 1.29 is 0 Å². The van der Waals surface area contributed by atoms with Crippen molar-refractivity contribution >= 4 is 17.3 Å². The highest BCUT2D eigenvalue weighted by Gasteiger charge is 2.47. The van der Waals surface area contributed by atoms with Gasteiger partial charge in [-0.2, -0.15) is 0 Å². The number of benzene rings is 1. The summed E-state index contributed by atoms with van der Waals surface area (Å²) in [5, 5.41) is 0.708. The molecule has 0 aromatic heterocycles. The molecule has 0 radical (unpaired) electrons. The van der Waals surface area contributed by atoms with Crippen molar-refractivity contribution in [2.75, 3.05) is 19.3 Å². The molecular weight excluding hydrogens is 244 g/mol. The molecule has 2 aliphatic rings. The second-order valence-electron chi connectivity index (χ2n) is 6.24. The first-order valence-electron chi connectivity index (χ1n) is 6.72. The van der Waals surface area contributed by atoms with Crippen LogP contribution >= 0.6 is 11.6 Å². The van der Waals surface area contributed by atoms with Gasteiger partial charge < -0.3 is 10.6 Å².